The molecule has 0 bridgehead atoms. The highest BCUT2D eigenvalue weighted by Crippen LogP contribution is 2.36. The molecule has 3 rings (SSSR count). The number of H-pyrrole nitrogens is 1. The topological polar surface area (TPSA) is 45.3 Å². The van der Waals surface area contributed by atoms with E-state index in [4.69, 9.17) is 4.74 Å². The van der Waals surface area contributed by atoms with Crippen molar-refractivity contribution in [3.63, 3.8) is 0 Å². The minimum atomic E-state index is -0.0412. The third-order valence-corrected chi connectivity index (χ3v) is 3.88. The molecule has 1 aromatic heterocycles. The lowest BCUT2D eigenvalue weighted by molar-refractivity contribution is -0.0949. The summed E-state index contributed by atoms with van der Waals surface area (Å²) in [7, 11) is 0. The van der Waals surface area contributed by atoms with Gasteiger partial charge in [-0.3, -0.25) is 4.79 Å². The number of nitrogens with zero attached hydrogens (tertiary/aromatic N) is 1. The van der Waals surface area contributed by atoms with E-state index in [1.54, 1.807) is 6.20 Å². The summed E-state index contributed by atoms with van der Waals surface area (Å²) >= 11 is 0. The van der Waals surface area contributed by atoms with E-state index in [2.05, 4.69) is 4.98 Å². The Morgan fingerprint density at radius 3 is 2.94 bits per heavy atom. The number of aromatic amines is 1. The lowest BCUT2D eigenvalue weighted by atomic mass is 9.99. The second kappa shape index (κ2) is 4.18. The first-order chi connectivity index (χ1) is 8.29. The van der Waals surface area contributed by atoms with E-state index < -0.39 is 0 Å². The zero-order valence-corrected chi connectivity index (χ0v) is 9.95. The van der Waals surface area contributed by atoms with Crippen LogP contribution in [-0.2, 0) is 4.74 Å². The largest absolute Gasteiger partial charge is 0.371 e. The van der Waals surface area contributed by atoms with E-state index in [-0.39, 0.29) is 11.5 Å². The summed E-state index contributed by atoms with van der Waals surface area (Å²) in [5.41, 5.74) is 0.639. The zero-order valence-electron chi connectivity index (χ0n) is 9.95. The van der Waals surface area contributed by atoms with Crippen LogP contribution in [0.5, 0.6) is 0 Å². The van der Waals surface area contributed by atoms with Crippen molar-refractivity contribution in [2.75, 3.05) is 19.7 Å². The van der Waals surface area contributed by atoms with Crippen molar-refractivity contribution in [2.24, 2.45) is 0 Å². The van der Waals surface area contributed by atoms with E-state index in [1.165, 1.54) is 12.8 Å². The molecule has 2 aliphatic rings. The number of rotatable bonds is 1. The van der Waals surface area contributed by atoms with Gasteiger partial charge < -0.3 is 14.6 Å². The van der Waals surface area contributed by atoms with Gasteiger partial charge in [-0.1, -0.05) is 12.8 Å². The van der Waals surface area contributed by atoms with Crippen molar-refractivity contribution < 1.29 is 9.53 Å². The fourth-order valence-corrected chi connectivity index (χ4v) is 2.97. The quantitative estimate of drug-likeness (QED) is 0.805. The molecule has 17 heavy (non-hydrogen) atoms. The first-order valence-electron chi connectivity index (χ1n) is 6.36. The van der Waals surface area contributed by atoms with Gasteiger partial charge in [-0.25, -0.2) is 0 Å². The van der Waals surface area contributed by atoms with Gasteiger partial charge in [0.05, 0.1) is 18.8 Å². The van der Waals surface area contributed by atoms with Crippen LogP contribution in [0.2, 0.25) is 0 Å². The fourth-order valence-electron chi connectivity index (χ4n) is 2.97. The average Bonchev–Trinajstić information content (AvgIpc) is 3.00. The Balaban J connectivity index is 1.73. The molecule has 1 aliphatic carbocycles. The first kappa shape index (κ1) is 10.8. The van der Waals surface area contributed by atoms with E-state index >= 15 is 0 Å². The maximum absolute atomic E-state index is 12.2. The zero-order chi connectivity index (χ0) is 11.7. The Morgan fingerprint density at radius 2 is 2.24 bits per heavy atom. The molecule has 92 valence electrons. The molecule has 1 aromatic rings. The maximum atomic E-state index is 12.2. The van der Waals surface area contributed by atoms with Crippen LogP contribution in [0.15, 0.2) is 18.3 Å². The predicted molar refractivity (Wildman–Crippen MR) is 63.8 cm³/mol. The Morgan fingerprint density at radius 1 is 1.41 bits per heavy atom. The SMILES string of the molecule is O=C(c1ccc[nH]1)N1CCOC2(CCCC2)C1. The number of amides is 1. The molecule has 0 atom stereocenters. The molecular formula is C13H18N2O2. The van der Waals surface area contributed by atoms with Crippen molar-refractivity contribution in [1.29, 1.82) is 0 Å². The molecule has 2 heterocycles. The molecule has 1 amide bonds. The van der Waals surface area contributed by atoms with Crippen molar-refractivity contribution in [3.8, 4) is 0 Å². The van der Waals surface area contributed by atoms with Gasteiger partial charge in [0.25, 0.3) is 5.91 Å². The molecule has 0 radical (unpaired) electrons. The molecule has 4 nitrogen and oxygen atoms in total. The summed E-state index contributed by atoms with van der Waals surface area (Å²) in [6.45, 7) is 2.14. The summed E-state index contributed by atoms with van der Waals surface area (Å²) in [5, 5.41) is 0. The highest BCUT2D eigenvalue weighted by Gasteiger charge is 2.40. The van der Waals surface area contributed by atoms with Gasteiger partial charge in [-0.2, -0.15) is 0 Å². The van der Waals surface area contributed by atoms with Crippen LogP contribution < -0.4 is 0 Å². The molecule has 1 aliphatic heterocycles. The van der Waals surface area contributed by atoms with Crippen LogP contribution in [0.25, 0.3) is 0 Å². The summed E-state index contributed by atoms with van der Waals surface area (Å²) < 4.78 is 5.92. The van der Waals surface area contributed by atoms with Gasteiger partial charge >= 0.3 is 0 Å². The summed E-state index contributed by atoms with van der Waals surface area (Å²) in [6, 6.07) is 3.69. The molecule has 4 heteroatoms. The van der Waals surface area contributed by atoms with Crippen molar-refractivity contribution in [2.45, 2.75) is 31.3 Å². The number of aromatic nitrogens is 1. The van der Waals surface area contributed by atoms with Crippen molar-refractivity contribution >= 4 is 5.91 Å². The molecule has 0 unspecified atom stereocenters. The van der Waals surface area contributed by atoms with Gasteiger partial charge in [0.1, 0.15) is 5.69 Å². The molecule has 1 saturated carbocycles. The smallest absolute Gasteiger partial charge is 0.270 e. The van der Waals surface area contributed by atoms with Crippen LogP contribution in [0.4, 0.5) is 0 Å². The highest BCUT2D eigenvalue weighted by molar-refractivity contribution is 5.92. The maximum Gasteiger partial charge on any atom is 0.270 e. The monoisotopic (exact) mass is 234 g/mol. The van der Waals surface area contributed by atoms with Crippen molar-refractivity contribution in [1.82, 2.24) is 9.88 Å². The predicted octanol–water partition coefficient (Wildman–Crippen LogP) is 1.80. The number of morpholine rings is 1. The van der Waals surface area contributed by atoms with Crippen LogP contribution >= 0.6 is 0 Å². The molecule has 1 spiro atoms. The van der Waals surface area contributed by atoms with Crippen LogP contribution in [0.1, 0.15) is 36.2 Å². The Hall–Kier alpha value is -1.29. The summed E-state index contributed by atoms with van der Waals surface area (Å²) in [5.74, 6) is 0.101. The molecular weight excluding hydrogens is 216 g/mol. The minimum absolute atomic E-state index is 0.0412. The van der Waals surface area contributed by atoms with E-state index in [0.29, 0.717) is 18.8 Å². The van der Waals surface area contributed by atoms with Gasteiger partial charge in [0.2, 0.25) is 0 Å². The lowest BCUT2D eigenvalue weighted by Crippen LogP contribution is -2.52. The normalized spacial score (nSPS) is 23.2. The third-order valence-electron chi connectivity index (χ3n) is 3.88. The summed E-state index contributed by atoms with van der Waals surface area (Å²) in [4.78, 5) is 17.2. The molecule has 2 fully saturated rings. The van der Waals surface area contributed by atoms with E-state index in [9.17, 15) is 4.79 Å². The number of nitrogens with one attached hydrogen (secondary N) is 1. The summed E-state index contributed by atoms with van der Waals surface area (Å²) in [6.07, 6.45) is 6.44. The van der Waals surface area contributed by atoms with Crippen LogP contribution in [-0.4, -0.2) is 41.1 Å². The Labute approximate surface area is 101 Å². The van der Waals surface area contributed by atoms with Gasteiger partial charge in [-0.15, -0.1) is 0 Å². The lowest BCUT2D eigenvalue weighted by Gasteiger charge is -2.40. The molecule has 1 N–H and O–H groups in total. The second-order valence-corrected chi connectivity index (χ2v) is 5.05. The third kappa shape index (κ3) is 1.97. The van der Waals surface area contributed by atoms with E-state index in [1.807, 2.05) is 17.0 Å². The number of carbonyl (C=O) groups is 1. The van der Waals surface area contributed by atoms with Crippen LogP contribution in [0.3, 0.4) is 0 Å². The standard InChI is InChI=1S/C13H18N2O2/c16-12(11-4-3-7-14-11)15-8-9-17-13(10-15)5-1-2-6-13/h3-4,7,14H,1-2,5-6,8-10H2. The van der Waals surface area contributed by atoms with E-state index in [0.717, 1.165) is 19.4 Å². The number of hydrogen-bond donors (Lipinski definition) is 1. The van der Waals surface area contributed by atoms with Gasteiger partial charge in [0, 0.05) is 12.7 Å². The van der Waals surface area contributed by atoms with Crippen molar-refractivity contribution in [3.05, 3.63) is 24.0 Å². The van der Waals surface area contributed by atoms with Crippen LogP contribution in [0, 0.1) is 0 Å². The fraction of sp³-hybridized carbons (Fsp3) is 0.615. The van der Waals surface area contributed by atoms with Gasteiger partial charge in [0.15, 0.2) is 0 Å². The minimum Gasteiger partial charge on any atom is -0.371 e. The highest BCUT2D eigenvalue weighted by atomic mass is 16.5. The number of carbonyl (C=O) groups excluding carboxylic acids is 1. The Kier molecular flexibility index (Phi) is 2.67. The first-order valence-corrected chi connectivity index (χ1v) is 6.36. The van der Waals surface area contributed by atoms with Gasteiger partial charge in [-0.05, 0) is 25.0 Å². The molecule has 0 aromatic carbocycles. The number of ether oxygens (including phenoxy) is 1. The molecule has 1 saturated heterocycles. The average molecular weight is 234 g/mol. The Bertz CT molecular complexity index is 394. The second-order valence-electron chi connectivity index (χ2n) is 5.05. The number of hydrogen-bond acceptors (Lipinski definition) is 2.